The third kappa shape index (κ3) is 6.56. The van der Waals surface area contributed by atoms with Crippen molar-refractivity contribution in [2.24, 2.45) is 0 Å². The number of aromatic nitrogens is 1. The van der Waals surface area contributed by atoms with Crippen molar-refractivity contribution < 1.29 is 9.87 Å². The number of nitrogens with zero attached hydrogens (tertiary/aromatic N) is 3. The minimum Gasteiger partial charge on any atom is -0.412 e. The minimum absolute atomic E-state index is 0. The van der Waals surface area contributed by atoms with E-state index in [0.717, 1.165) is 48.9 Å². The third-order valence-corrected chi connectivity index (χ3v) is 5.19. The molecule has 0 unspecified atom stereocenters. The van der Waals surface area contributed by atoms with E-state index < -0.39 is 0 Å². The first kappa shape index (κ1) is 26.1. The third-order valence-electron chi connectivity index (χ3n) is 4.94. The van der Waals surface area contributed by atoms with Crippen LogP contribution in [0.15, 0.2) is 67.0 Å². The first-order chi connectivity index (χ1) is 13.2. The van der Waals surface area contributed by atoms with Gasteiger partial charge in [0.1, 0.15) is 5.82 Å². The van der Waals surface area contributed by atoms with Crippen LogP contribution >= 0.6 is 36.4 Å². The van der Waals surface area contributed by atoms with Gasteiger partial charge in [0.05, 0.1) is 0 Å². The molecule has 2 aromatic carbocycles. The van der Waals surface area contributed by atoms with Crippen molar-refractivity contribution in [3.05, 3.63) is 83.4 Å². The zero-order chi connectivity index (χ0) is 18.6. The summed E-state index contributed by atoms with van der Waals surface area (Å²) >= 11 is 5.98. The quantitative estimate of drug-likeness (QED) is 0.544. The molecule has 0 radical (unpaired) electrons. The van der Waals surface area contributed by atoms with Gasteiger partial charge in [-0.2, -0.15) is 0 Å². The topological polar surface area (TPSA) is 50.9 Å². The molecule has 0 bridgehead atoms. The monoisotopic (exact) mass is 471 g/mol. The van der Waals surface area contributed by atoms with Crippen molar-refractivity contribution in [3.8, 4) is 11.1 Å². The number of benzene rings is 2. The van der Waals surface area contributed by atoms with Gasteiger partial charge in [-0.15, -0.1) is 24.8 Å². The fraction of sp³-hybridized carbons (Fsp3) is 0.227. The zero-order valence-electron chi connectivity index (χ0n) is 16.3. The molecule has 0 atom stereocenters. The van der Waals surface area contributed by atoms with Gasteiger partial charge in [0.2, 0.25) is 0 Å². The van der Waals surface area contributed by atoms with Gasteiger partial charge in [0.25, 0.3) is 0 Å². The average molecular weight is 473 g/mol. The Hall–Kier alpha value is -1.89. The van der Waals surface area contributed by atoms with Crippen molar-refractivity contribution in [3.63, 3.8) is 0 Å². The SMILES string of the molecule is Cl.Cl.Fc1ccc(-c2cncc(CN3CCN(c4ccc(Cl)cc4)CC3)c2)cc1.O. The molecular formula is C22H25Cl3FN3O. The summed E-state index contributed by atoms with van der Waals surface area (Å²) in [5, 5.41) is 0.769. The van der Waals surface area contributed by atoms with Crippen LogP contribution in [0.25, 0.3) is 11.1 Å². The highest BCUT2D eigenvalue weighted by Gasteiger charge is 2.17. The summed E-state index contributed by atoms with van der Waals surface area (Å²) in [5.74, 6) is -0.221. The Morgan fingerprint density at radius 2 is 1.47 bits per heavy atom. The maximum Gasteiger partial charge on any atom is 0.123 e. The van der Waals surface area contributed by atoms with E-state index in [9.17, 15) is 4.39 Å². The molecule has 0 aliphatic carbocycles. The number of hydrogen-bond acceptors (Lipinski definition) is 3. The smallest absolute Gasteiger partial charge is 0.123 e. The Labute approximate surface area is 193 Å². The number of rotatable bonds is 4. The fourth-order valence-electron chi connectivity index (χ4n) is 3.45. The number of anilines is 1. The van der Waals surface area contributed by atoms with E-state index in [4.69, 9.17) is 11.6 Å². The van der Waals surface area contributed by atoms with Crippen LogP contribution in [0, 0.1) is 5.82 Å². The van der Waals surface area contributed by atoms with Crippen LogP contribution in [0.2, 0.25) is 5.02 Å². The number of pyridine rings is 1. The maximum absolute atomic E-state index is 13.1. The van der Waals surface area contributed by atoms with E-state index in [0.29, 0.717) is 0 Å². The predicted octanol–water partition coefficient (Wildman–Crippen LogP) is 4.88. The molecule has 0 amide bonds. The minimum atomic E-state index is -0.221. The second-order valence-electron chi connectivity index (χ2n) is 6.83. The molecule has 4 rings (SSSR count). The van der Waals surface area contributed by atoms with E-state index in [1.807, 2.05) is 24.5 Å². The van der Waals surface area contributed by atoms with Gasteiger partial charge in [-0.1, -0.05) is 23.7 Å². The lowest BCUT2D eigenvalue weighted by molar-refractivity contribution is 0.249. The van der Waals surface area contributed by atoms with Gasteiger partial charge in [0, 0.05) is 61.4 Å². The van der Waals surface area contributed by atoms with E-state index in [2.05, 4.69) is 33.0 Å². The van der Waals surface area contributed by atoms with Gasteiger partial charge in [0.15, 0.2) is 0 Å². The summed E-state index contributed by atoms with van der Waals surface area (Å²) in [5.41, 5.74) is 4.40. The van der Waals surface area contributed by atoms with Crippen molar-refractivity contribution >= 4 is 42.1 Å². The highest BCUT2D eigenvalue weighted by atomic mass is 35.5. The Morgan fingerprint density at radius 1 is 0.833 bits per heavy atom. The molecular weight excluding hydrogens is 448 g/mol. The molecule has 1 aromatic heterocycles. The lowest BCUT2D eigenvalue weighted by Crippen LogP contribution is -2.45. The summed E-state index contributed by atoms with van der Waals surface area (Å²) in [6.45, 7) is 4.86. The van der Waals surface area contributed by atoms with Gasteiger partial charge in [-0.05, 0) is 53.6 Å². The molecule has 2 N–H and O–H groups in total. The molecule has 1 fully saturated rings. The average Bonchev–Trinajstić information content (AvgIpc) is 2.70. The number of hydrogen-bond donors (Lipinski definition) is 0. The molecule has 0 spiro atoms. The molecule has 4 nitrogen and oxygen atoms in total. The molecule has 2 heterocycles. The first-order valence-corrected chi connectivity index (χ1v) is 9.48. The van der Waals surface area contributed by atoms with E-state index in [1.54, 1.807) is 12.1 Å². The van der Waals surface area contributed by atoms with Gasteiger partial charge in [-0.3, -0.25) is 9.88 Å². The standard InChI is InChI=1S/C22H21ClFN3.2ClH.H2O/c23-20-3-7-22(8-4-20)27-11-9-26(10-12-27)16-17-13-19(15-25-14-17)18-1-5-21(24)6-2-18;;;/h1-8,13-15H,9-12,16H2;2*1H;1H2. The first-order valence-electron chi connectivity index (χ1n) is 9.10. The Kier molecular flexibility index (Phi) is 10.5. The highest BCUT2D eigenvalue weighted by molar-refractivity contribution is 6.30. The molecule has 162 valence electrons. The molecule has 1 aliphatic rings. The predicted molar refractivity (Wildman–Crippen MR) is 127 cm³/mol. The number of piperazine rings is 1. The summed E-state index contributed by atoms with van der Waals surface area (Å²) in [6, 6.07) is 16.7. The lowest BCUT2D eigenvalue weighted by atomic mass is 10.1. The van der Waals surface area contributed by atoms with Crippen LogP contribution in [0.4, 0.5) is 10.1 Å². The summed E-state index contributed by atoms with van der Waals surface area (Å²) in [7, 11) is 0. The van der Waals surface area contributed by atoms with Crippen LogP contribution < -0.4 is 4.90 Å². The van der Waals surface area contributed by atoms with Crippen LogP contribution in [0.1, 0.15) is 5.56 Å². The van der Waals surface area contributed by atoms with E-state index >= 15 is 0 Å². The molecule has 3 aromatic rings. The molecule has 1 saturated heterocycles. The summed E-state index contributed by atoms with van der Waals surface area (Å²) in [6.07, 6.45) is 3.74. The van der Waals surface area contributed by atoms with Crippen LogP contribution in [0.5, 0.6) is 0 Å². The normalized spacial score (nSPS) is 13.6. The molecule has 1 aliphatic heterocycles. The van der Waals surface area contributed by atoms with Gasteiger partial charge < -0.3 is 10.4 Å². The second-order valence-corrected chi connectivity index (χ2v) is 7.26. The molecule has 0 saturated carbocycles. The zero-order valence-corrected chi connectivity index (χ0v) is 18.7. The molecule has 30 heavy (non-hydrogen) atoms. The van der Waals surface area contributed by atoms with Crippen molar-refractivity contribution in [1.29, 1.82) is 0 Å². The Bertz CT molecular complexity index is 902. The van der Waals surface area contributed by atoms with Gasteiger partial charge in [-0.25, -0.2) is 4.39 Å². The van der Waals surface area contributed by atoms with Crippen LogP contribution in [-0.4, -0.2) is 41.5 Å². The Morgan fingerprint density at radius 3 is 2.10 bits per heavy atom. The van der Waals surface area contributed by atoms with Crippen molar-refractivity contribution in [2.45, 2.75) is 6.54 Å². The highest BCUT2D eigenvalue weighted by Crippen LogP contribution is 2.22. The molecule has 8 heteroatoms. The summed E-state index contributed by atoms with van der Waals surface area (Å²) < 4.78 is 13.1. The van der Waals surface area contributed by atoms with Crippen molar-refractivity contribution in [1.82, 2.24) is 9.88 Å². The Balaban J connectivity index is 0.00000150. The number of halogens is 4. The largest absolute Gasteiger partial charge is 0.412 e. The second kappa shape index (κ2) is 12.1. The van der Waals surface area contributed by atoms with Gasteiger partial charge >= 0.3 is 0 Å². The van der Waals surface area contributed by atoms with E-state index in [-0.39, 0.29) is 36.1 Å². The van der Waals surface area contributed by atoms with Crippen LogP contribution in [-0.2, 0) is 6.54 Å². The van der Waals surface area contributed by atoms with Crippen LogP contribution in [0.3, 0.4) is 0 Å². The summed E-state index contributed by atoms with van der Waals surface area (Å²) in [4.78, 5) is 9.21. The van der Waals surface area contributed by atoms with Crippen molar-refractivity contribution in [2.75, 3.05) is 31.1 Å². The lowest BCUT2D eigenvalue weighted by Gasteiger charge is -2.36. The van der Waals surface area contributed by atoms with E-state index in [1.165, 1.54) is 23.4 Å². The fourth-order valence-corrected chi connectivity index (χ4v) is 3.57. The maximum atomic E-state index is 13.1.